The highest BCUT2D eigenvalue weighted by molar-refractivity contribution is 6.54. The lowest BCUT2D eigenvalue weighted by molar-refractivity contribution is 0.00578. The number of aromatic amines is 1. The van der Waals surface area contributed by atoms with Crippen molar-refractivity contribution in [2.45, 2.75) is 84.3 Å². The zero-order valence-corrected chi connectivity index (χ0v) is 16.3. The number of aromatic nitrogens is 2. The van der Waals surface area contributed by atoms with Gasteiger partial charge in [-0.05, 0) is 59.0 Å². The summed E-state index contributed by atoms with van der Waals surface area (Å²) in [6.45, 7) is 12.0. The average molecular weight is 348 g/mol. The maximum atomic E-state index is 15.0. The Morgan fingerprint density at radius 3 is 2.36 bits per heavy atom. The normalized spacial score (nSPS) is 23.4. The van der Waals surface area contributed by atoms with Gasteiger partial charge >= 0.3 is 7.12 Å². The van der Waals surface area contributed by atoms with Gasteiger partial charge in [0.2, 0.25) is 0 Å². The summed E-state index contributed by atoms with van der Waals surface area (Å²) < 4.78 is 26.7. The van der Waals surface area contributed by atoms with Crippen LogP contribution in [0.3, 0.4) is 0 Å². The van der Waals surface area contributed by atoms with Gasteiger partial charge in [0, 0.05) is 17.2 Å². The van der Waals surface area contributed by atoms with Crippen molar-refractivity contribution in [2.24, 2.45) is 5.92 Å². The maximum absolute atomic E-state index is 15.0. The summed E-state index contributed by atoms with van der Waals surface area (Å²) in [5, 5.41) is 7.65. The third kappa shape index (κ3) is 3.56. The first kappa shape index (κ1) is 18.6. The summed E-state index contributed by atoms with van der Waals surface area (Å²) in [6.07, 6.45) is 5.91. The van der Waals surface area contributed by atoms with Crippen molar-refractivity contribution < 1.29 is 13.7 Å². The molecule has 1 saturated carbocycles. The predicted octanol–water partition coefficient (Wildman–Crippen LogP) is 4.82. The van der Waals surface area contributed by atoms with E-state index in [1.165, 1.54) is 6.42 Å². The smallest absolute Gasteiger partial charge is 0.398 e. The van der Waals surface area contributed by atoms with Crippen LogP contribution in [0.15, 0.2) is 5.73 Å². The van der Waals surface area contributed by atoms with Crippen LogP contribution < -0.4 is 0 Å². The number of H-pyrrole nitrogens is 1. The molecule has 4 nitrogen and oxygen atoms in total. The molecule has 2 aliphatic rings. The quantitative estimate of drug-likeness (QED) is 0.776. The fourth-order valence-electron chi connectivity index (χ4n) is 3.28. The Bertz CT molecular complexity index is 646. The monoisotopic (exact) mass is 348 g/mol. The molecule has 2 heterocycles. The Kier molecular flexibility index (Phi) is 4.88. The highest BCUT2D eigenvalue weighted by Gasteiger charge is 2.53. The van der Waals surface area contributed by atoms with Crippen molar-refractivity contribution >= 4 is 13.2 Å². The molecule has 0 amide bonds. The van der Waals surface area contributed by atoms with Crippen molar-refractivity contribution in [1.82, 2.24) is 10.2 Å². The minimum Gasteiger partial charge on any atom is -0.398 e. The van der Waals surface area contributed by atoms with E-state index >= 15 is 4.39 Å². The SMILES string of the molecule is CC(C)Cc1[nH]nc(C2CCC2)c1C=C(F)B1OC(C)(C)C(C)(C)O1. The lowest BCUT2D eigenvalue weighted by Crippen LogP contribution is -2.41. The van der Waals surface area contributed by atoms with Gasteiger partial charge < -0.3 is 9.31 Å². The molecular weight excluding hydrogens is 318 g/mol. The van der Waals surface area contributed by atoms with Gasteiger partial charge in [-0.25, -0.2) is 4.39 Å². The van der Waals surface area contributed by atoms with Crippen LogP contribution in [-0.2, 0) is 15.7 Å². The number of hydrogen-bond acceptors (Lipinski definition) is 3. The summed E-state index contributed by atoms with van der Waals surface area (Å²) >= 11 is 0. The molecule has 1 aromatic heterocycles. The second-order valence-corrected chi connectivity index (χ2v) is 8.84. The molecule has 1 saturated heterocycles. The minimum atomic E-state index is -0.957. The number of nitrogens with zero attached hydrogens (tertiary/aromatic N) is 1. The van der Waals surface area contributed by atoms with Crippen LogP contribution in [0.4, 0.5) is 4.39 Å². The van der Waals surface area contributed by atoms with Crippen molar-refractivity contribution in [3.05, 3.63) is 22.7 Å². The van der Waals surface area contributed by atoms with Gasteiger partial charge in [-0.3, -0.25) is 5.10 Å². The molecule has 0 aromatic carbocycles. The molecule has 1 aliphatic heterocycles. The summed E-state index contributed by atoms with van der Waals surface area (Å²) in [6, 6.07) is 0. The molecule has 1 N–H and O–H groups in total. The number of halogens is 1. The third-order valence-electron chi connectivity index (χ3n) is 5.78. The van der Waals surface area contributed by atoms with E-state index in [4.69, 9.17) is 9.31 Å². The van der Waals surface area contributed by atoms with Crippen LogP contribution in [0.2, 0.25) is 0 Å². The molecule has 25 heavy (non-hydrogen) atoms. The van der Waals surface area contributed by atoms with E-state index in [-0.39, 0.29) is 5.73 Å². The molecule has 0 bridgehead atoms. The second kappa shape index (κ2) is 6.55. The summed E-state index contributed by atoms with van der Waals surface area (Å²) in [7, 11) is -0.957. The first-order valence-corrected chi connectivity index (χ1v) is 9.40. The largest absolute Gasteiger partial charge is 0.525 e. The molecule has 0 spiro atoms. The van der Waals surface area contributed by atoms with Gasteiger partial charge in [0.25, 0.3) is 0 Å². The zero-order valence-electron chi connectivity index (χ0n) is 16.3. The Morgan fingerprint density at radius 2 is 1.88 bits per heavy atom. The van der Waals surface area contributed by atoms with Gasteiger partial charge in [-0.15, -0.1) is 0 Å². The van der Waals surface area contributed by atoms with E-state index in [2.05, 4.69) is 24.0 Å². The Hall–Kier alpha value is -1.14. The number of rotatable bonds is 5. The van der Waals surface area contributed by atoms with E-state index in [1.54, 1.807) is 6.08 Å². The molecule has 0 unspecified atom stereocenters. The van der Waals surface area contributed by atoms with E-state index in [9.17, 15) is 0 Å². The van der Waals surface area contributed by atoms with Crippen LogP contribution in [0, 0.1) is 5.92 Å². The zero-order chi connectivity index (χ0) is 18.4. The third-order valence-corrected chi connectivity index (χ3v) is 5.78. The molecule has 138 valence electrons. The molecule has 6 heteroatoms. The van der Waals surface area contributed by atoms with Gasteiger partial charge in [0.15, 0.2) is 0 Å². The minimum absolute atomic E-state index is 0.384. The summed E-state index contributed by atoms with van der Waals surface area (Å²) in [4.78, 5) is 0. The predicted molar refractivity (Wildman–Crippen MR) is 98.9 cm³/mol. The summed E-state index contributed by atoms with van der Waals surface area (Å²) in [5.74, 6) is 0.913. The van der Waals surface area contributed by atoms with Crippen molar-refractivity contribution in [2.75, 3.05) is 0 Å². The molecule has 3 rings (SSSR count). The van der Waals surface area contributed by atoms with E-state index < -0.39 is 18.3 Å². The number of nitrogens with one attached hydrogen (secondary N) is 1. The van der Waals surface area contributed by atoms with Gasteiger partial charge in [0.05, 0.1) is 16.9 Å². The molecule has 1 aromatic rings. The standard InChI is InChI=1S/C19H30BFN2O2/c1-12(2)10-15-14(17(23-22-15)13-8-7-9-13)11-16(21)20-24-18(3,4)19(5,6)25-20/h11-13H,7-10H2,1-6H3,(H,22,23). The van der Waals surface area contributed by atoms with Crippen molar-refractivity contribution in [3.8, 4) is 0 Å². The fourth-order valence-corrected chi connectivity index (χ4v) is 3.28. The highest BCUT2D eigenvalue weighted by Crippen LogP contribution is 2.41. The molecule has 0 atom stereocenters. The number of hydrogen-bond donors (Lipinski definition) is 1. The van der Waals surface area contributed by atoms with Gasteiger partial charge in [-0.1, -0.05) is 20.3 Å². The Balaban J connectivity index is 1.90. The average Bonchev–Trinajstić information content (AvgIpc) is 2.87. The first-order chi connectivity index (χ1) is 11.6. The van der Waals surface area contributed by atoms with Gasteiger partial charge in [0.1, 0.15) is 5.73 Å². The lowest BCUT2D eigenvalue weighted by atomic mass is 9.79. The van der Waals surface area contributed by atoms with Crippen LogP contribution in [-0.4, -0.2) is 28.5 Å². The second-order valence-electron chi connectivity index (χ2n) is 8.84. The molecule has 1 aliphatic carbocycles. The summed E-state index contributed by atoms with van der Waals surface area (Å²) in [5.41, 5.74) is 1.42. The van der Waals surface area contributed by atoms with E-state index in [0.29, 0.717) is 11.8 Å². The van der Waals surface area contributed by atoms with Gasteiger partial charge in [-0.2, -0.15) is 5.10 Å². The fraction of sp³-hybridized carbons (Fsp3) is 0.737. The van der Waals surface area contributed by atoms with Crippen molar-refractivity contribution in [1.29, 1.82) is 0 Å². The van der Waals surface area contributed by atoms with Crippen molar-refractivity contribution in [3.63, 3.8) is 0 Å². The molecule has 0 radical (unpaired) electrons. The highest BCUT2D eigenvalue weighted by atomic mass is 19.1. The van der Waals surface area contributed by atoms with E-state index in [0.717, 1.165) is 36.2 Å². The first-order valence-electron chi connectivity index (χ1n) is 9.40. The molecular formula is C19H30BFN2O2. The van der Waals surface area contributed by atoms with Crippen LogP contribution in [0.25, 0.3) is 6.08 Å². The lowest BCUT2D eigenvalue weighted by Gasteiger charge is -2.32. The topological polar surface area (TPSA) is 47.1 Å². The van der Waals surface area contributed by atoms with E-state index in [1.807, 2.05) is 27.7 Å². The molecule has 2 fully saturated rings. The van der Waals surface area contributed by atoms with Crippen LogP contribution >= 0.6 is 0 Å². The van der Waals surface area contributed by atoms with Crippen LogP contribution in [0.5, 0.6) is 0 Å². The van der Waals surface area contributed by atoms with Crippen LogP contribution in [0.1, 0.15) is 83.7 Å². The Labute approximate surface area is 150 Å². The Morgan fingerprint density at radius 1 is 1.28 bits per heavy atom. The maximum Gasteiger partial charge on any atom is 0.525 e.